The van der Waals surface area contributed by atoms with E-state index in [1.54, 1.807) is 20.3 Å². The van der Waals surface area contributed by atoms with Crippen LogP contribution >= 0.6 is 0 Å². The lowest BCUT2D eigenvalue weighted by molar-refractivity contribution is 0.0981. The summed E-state index contributed by atoms with van der Waals surface area (Å²) in [5, 5.41) is 0. The van der Waals surface area contributed by atoms with Gasteiger partial charge in [0.15, 0.2) is 28.8 Å². The number of hydrogen-bond acceptors (Lipinski definition) is 6. The normalized spacial score (nSPS) is 15.8. The van der Waals surface area contributed by atoms with Crippen molar-refractivity contribution in [2.75, 3.05) is 39.5 Å². The van der Waals surface area contributed by atoms with Crippen LogP contribution in [-0.2, 0) is 12.8 Å². The summed E-state index contributed by atoms with van der Waals surface area (Å²) in [5.41, 5.74) is 3.87. The Morgan fingerprint density at radius 2 is 1.59 bits per heavy atom. The zero-order valence-corrected chi connectivity index (χ0v) is 15.8. The number of hydrogen-bond donors (Lipinski definition) is 0. The summed E-state index contributed by atoms with van der Waals surface area (Å²) < 4.78 is 21.8. The number of Topliss-reactive ketones (excluding diaryl/α,β-unsaturated/α-hetero) is 1. The first-order valence-corrected chi connectivity index (χ1v) is 9.02. The molecule has 6 nitrogen and oxygen atoms in total. The second-order valence-electron chi connectivity index (χ2n) is 6.79. The molecule has 6 heteroatoms. The average molecular weight is 369 g/mol. The molecule has 2 aromatic carbocycles. The lowest BCUT2D eigenvalue weighted by Crippen LogP contribution is -2.24. The van der Waals surface area contributed by atoms with Crippen LogP contribution in [0.5, 0.6) is 23.0 Å². The number of likely N-dealkylation sites (N-methyl/N-ethyl adjacent to an activating group) is 1. The van der Waals surface area contributed by atoms with Crippen molar-refractivity contribution in [3.8, 4) is 23.0 Å². The average Bonchev–Trinajstić information content (AvgIpc) is 3.15. The van der Waals surface area contributed by atoms with E-state index in [0.29, 0.717) is 29.9 Å². The summed E-state index contributed by atoms with van der Waals surface area (Å²) in [6, 6.07) is 7.73. The SMILES string of the molecule is COc1cc2c(cc1OC)C(=O)CCc1cc3c(cc1N(C)CC2)OCO3. The third-order valence-corrected chi connectivity index (χ3v) is 5.23. The van der Waals surface area contributed by atoms with E-state index in [9.17, 15) is 4.79 Å². The molecule has 0 unspecified atom stereocenters. The van der Waals surface area contributed by atoms with E-state index in [1.807, 2.05) is 18.2 Å². The van der Waals surface area contributed by atoms with E-state index < -0.39 is 0 Å². The predicted octanol–water partition coefficient (Wildman–Crippen LogP) is 3.24. The van der Waals surface area contributed by atoms with Crippen molar-refractivity contribution >= 4 is 11.5 Å². The highest BCUT2D eigenvalue weighted by Crippen LogP contribution is 2.39. The highest BCUT2D eigenvalue weighted by atomic mass is 16.7. The molecule has 0 aromatic heterocycles. The van der Waals surface area contributed by atoms with E-state index in [4.69, 9.17) is 18.9 Å². The van der Waals surface area contributed by atoms with Gasteiger partial charge in [-0.3, -0.25) is 4.79 Å². The molecule has 27 heavy (non-hydrogen) atoms. The Balaban J connectivity index is 1.73. The number of carbonyl (C=O) groups is 1. The standard InChI is InChI=1S/C21H23NO5/c1-22-7-6-13-8-18(24-2)19(25-3)10-15(13)17(23)5-4-14-9-20-21(11-16(14)22)27-12-26-20/h8-11H,4-7,12H2,1-3H3. The number of fused-ring (bicyclic) bond motifs is 3. The van der Waals surface area contributed by atoms with Gasteiger partial charge in [-0.2, -0.15) is 0 Å². The monoisotopic (exact) mass is 369 g/mol. The summed E-state index contributed by atoms with van der Waals surface area (Å²) in [6.45, 7) is 1.01. The Morgan fingerprint density at radius 3 is 2.33 bits per heavy atom. The maximum atomic E-state index is 13.0. The van der Waals surface area contributed by atoms with Crippen molar-refractivity contribution in [3.63, 3.8) is 0 Å². The topological polar surface area (TPSA) is 57.2 Å². The molecule has 2 aromatic rings. The molecule has 4 rings (SSSR count). The van der Waals surface area contributed by atoms with Gasteiger partial charge >= 0.3 is 0 Å². The molecule has 0 radical (unpaired) electrons. The summed E-state index contributed by atoms with van der Waals surface area (Å²) in [5.74, 6) is 2.85. The van der Waals surface area contributed by atoms with Crippen LogP contribution in [0.25, 0.3) is 0 Å². The summed E-state index contributed by atoms with van der Waals surface area (Å²) >= 11 is 0. The molecule has 0 spiro atoms. The molecular formula is C21H23NO5. The number of methoxy groups -OCH3 is 2. The van der Waals surface area contributed by atoms with Gasteiger partial charge in [0, 0.05) is 37.3 Å². The van der Waals surface area contributed by atoms with Crippen LogP contribution in [0.15, 0.2) is 24.3 Å². The number of ether oxygens (including phenoxy) is 4. The van der Waals surface area contributed by atoms with Crippen LogP contribution < -0.4 is 23.8 Å². The Bertz CT molecular complexity index is 893. The minimum atomic E-state index is 0.110. The fourth-order valence-electron chi connectivity index (χ4n) is 3.71. The molecule has 2 aliphatic heterocycles. The second-order valence-corrected chi connectivity index (χ2v) is 6.79. The molecule has 0 saturated carbocycles. The lowest BCUT2D eigenvalue weighted by Gasteiger charge is -2.25. The molecule has 0 bridgehead atoms. The lowest BCUT2D eigenvalue weighted by atomic mass is 9.94. The summed E-state index contributed by atoms with van der Waals surface area (Å²) in [6.07, 6.45) is 1.79. The largest absolute Gasteiger partial charge is 0.493 e. The Labute approximate surface area is 158 Å². The van der Waals surface area contributed by atoms with Crippen LogP contribution in [0.3, 0.4) is 0 Å². The molecule has 142 valence electrons. The molecule has 0 aliphatic carbocycles. The quantitative estimate of drug-likeness (QED) is 0.810. The first-order valence-electron chi connectivity index (χ1n) is 9.02. The van der Waals surface area contributed by atoms with Crippen molar-refractivity contribution in [2.24, 2.45) is 0 Å². The van der Waals surface area contributed by atoms with Gasteiger partial charge in [0.05, 0.1) is 14.2 Å². The summed E-state index contributed by atoms with van der Waals surface area (Å²) in [4.78, 5) is 15.2. The number of anilines is 1. The van der Waals surface area contributed by atoms with Gasteiger partial charge < -0.3 is 23.8 Å². The molecule has 2 aliphatic rings. The fourth-order valence-corrected chi connectivity index (χ4v) is 3.71. The van der Waals surface area contributed by atoms with Crippen LogP contribution in [-0.4, -0.2) is 40.4 Å². The maximum Gasteiger partial charge on any atom is 0.231 e. The van der Waals surface area contributed by atoms with Crippen LogP contribution in [0.4, 0.5) is 5.69 Å². The molecule has 0 atom stereocenters. The number of benzene rings is 2. The van der Waals surface area contributed by atoms with E-state index >= 15 is 0 Å². The predicted molar refractivity (Wildman–Crippen MR) is 102 cm³/mol. The van der Waals surface area contributed by atoms with Gasteiger partial charge in [0.2, 0.25) is 6.79 Å². The zero-order chi connectivity index (χ0) is 19.0. The highest BCUT2D eigenvalue weighted by Gasteiger charge is 2.23. The number of aryl methyl sites for hydroxylation is 1. The van der Waals surface area contributed by atoms with Crippen molar-refractivity contribution in [1.82, 2.24) is 0 Å². The van der Waals surface area contributed by atoms with Crippen molar-refractivity contribution in [1.29, 1.82) is 0 Å². The minimum Gasteiger partial charge on any atom is -0.493 e. The molecule has 0 saturated heterocycles. The van der Waals surface area contributed by atoms with Gasteiger partial charge in [-0.25, -0.2) is 0 Å². The van der Waals surface area contributed by atoms with E-state index in [0.717, 1.165) is 41.3 Å². The minimum absolute atomic E-state index is 0.110. The van der Waals surface area contributed by atoms with Crippen molar-refractivity contribution < 1.29 is 23.7 Å². The van der Waals surface area contributed by atoms with Gasteiger partial charge in [-0.1, -0.05) is 0 Å². The van der Waals surface area contributed by atoms with Gasteiger partial charge in [0.25, 0.3) is 0 Å². The van der Waals surface area contributed by atoms with Gasteiger partial charge in [-0.15, -0.1) is 0 Å². The van der Waals surface area contributed by atoms with Crippen LogP contribution in [0, 0.1) is 0 Å². The molecule has 0 N–H and O–H groups in total. The molecule has 2 heterocycles. The second kappa shape index (κ2) is 7.02. The van der Waals surface area contributed by atoms with Crippen molar-refractivity contribution in [3.05, 3.63) is 41.0 Å². The first kappa shape index (κ1) is 17.5. The fraction of sp³-hybridized carbons (Fsp3) is 0.381. The van der Waals surface area contributed by atoms with Crippen LogP contribution in [0.2, 0.25) is 0 Å². The first-order chi connectivity index (χ1) is 13.1. The van der Waals surface area contributed by atoms with E-state index in [-0.39, 0.29) is 12.6 Å². The van der Waals surface area contributed by atoms with E-state index in [2.05, 4.69) is 11.9 Å². The van der Waals surface area contributed by atoms with Crippen molar-refractivity contribution in [2.45, 2.75) is 19.3 Å². The third-order valence-electron chi connectivity index (χ3n) is 5.23. The van der Waals surface area contributed by atoms with Gasteiger partial charge in [0.1, 0.15) is 0 Å². The molecule has 0 fully saturated rings. The number of carbonyl (C=O) groups excluding carboxylic acids is 1. The summed E-state index contributed by atoms with van der Waals surface area (Å²) in [7, 11) is 5.25. The highest BCUT2D eigenvalue weighted by molar-refractivity contribution is 5.98. The number of rotatable bonds is 2. The Kier molecular flexibility index (Phi) is 4.56. The number of ketones is 1. The maximum absolute atomic E-state index is 13.0. The third kappa shape index (κ3) is 3.16. The zero-order valence-electron chi connectivity index (χ0n) is 15.8. The Hall–Kier alpha value is -2.89. The van der Waals surface area contributed by atoms with E-state index in [1.165, 1.54) is 0 Å². The Morgan fingerprint density at radius 1 is 0.889 bits per heavy atom. The molecular weight excluding hydrogens is 346 g/mol. The smallest absolute Gasteiger partial charge is 0.231 e. The van der Waals surface area contributed by atoms with Gasteiger partial charge in [-0.05, 0) is 42.2 Å². The number of nitrogens with zero attached hydrogens (tertiary/aromatic N) is 1. The van der Waals surface area contributed by atoms with Crippen LogP contribution in [0.1, 0.15) is 27.9 Å². The molecule has 0 amide bonds.